The SMILES string of the molecule is c1ccc(-c2nc(-c3ccccc3)nc(-c3cccc(-c4ccc5c(c4)sc4ccc(-c6ccc7c8ccccc8c8ccccc8c7c6)cc45)n3)n2)cc1. The summed E-state index contributed by atoms with van der Waals surface area (Å²) in [4.78, 5) is 19.8. The molecule has 8 aromatic carbocycles. The molecule has 0 spiro atoms. The predicted molar refractivity (Wildman–Crippen MR) is 230 cm³/mol. The molecular formula is C50H30N4S. The van der Waals surface area contributed by atoms with Crippen LogP contribution in [0.3, 0.4) is 0 Å². The summed E-state index contributed by atoms with van der Waals surface area (Å²) in [7, 11) is 0. The molecule has 3 aromatic heterocycles. The van der Waals surface area contributed by atoms with Crippen LogP contribution in [0.15, 0.2) is 182 Å². The van der Waals surface area contributed by atoms with Crippen LogP contribution in [0.1, 0.15) is 0 Å². The quantitative estimate of drug-likeness (QED) is 0.166. The number of rotatable bonds is 5. The summed E-state index contributed by atoms with van der Waals surface area (Å²) in [5.41, 5.74) is 6.92. The summed E-state index contributed by atoms with van der Waals surface area (Å²) in [6, 6.07) is 64.1. The molecule has 0 radical (unpaired) electrons. The molecule has 3 heterocycles. The van der Waals surface area contributed by atoms with Crippen molar-refractivity contribution >= 4 is 63.8 Å². The standard InChI is InChI=1S/C50H30N4S/c1-3-12-31(13-4-1)48-52-49(32-14-5-2-6-15-32)54-50(53-48)45-21-11-20-44(51-45)35-23-26-41-43-29-34(24-27-46(43)55-47(41)30-35)33-22-25-40-38-18-8-7-16-36(38)37-17-9-10-19-39(37)42(40)28-33/h1-30H. The first kappa shape index (κ1) is 31.4. The van der Waals surface area contributed by atoms with Crippen molar-refractivity contribution in [2.75, 3.05) is 0 Å². The fourth-order valence-electron chi connectivity index (χ4n) is 7.85. The zero-order valence-electron chi connectivity index (χ0n) is 29.5. The van der Waals surface area contributed by atoms with Crippen LogP contribution in [0.4, 0.5) is 0 Å². The van der Waals surface area contributed by atoms with Gasteiger partial charge in [-0.25, -0.2) is 19.9 Å². The van der Waals surface area contributed by atoms with Crippen molar-refractivity contribution in [1.29, 1.82) is 0 Å². The fourth-order valence-corrected chi connectivity index (χ4v) is 8.97. The van der Waals surface area contributed by atoms with Gasteiger partial charge in [0.15, 0.2) is 17.5 Å². The maximum atomic E-state index is 5.11. The molecule has 0 atom stereocenters. The summed E-state index contributed by atoms with van der Waals surface area (Å²) < 4.78 is 2.49. The predicted octanol–water partition coefficient (Wildman–Crippen LogP) is 13.4. The molecule has 0 bridgehead atoms. The first-order valence-electron chi connectivity index (χ1n) is 18.4. The Morgan fingerprint density at radius 1 is 0.255 bits per heavy atom. The Balaban J connectivity index is 0.979. The van der Waals surface area contributed by atoms with E-state index in [1.807, 2.05) is 84.1 Å². The number of nitrogens with zero attached hydrogens (tertiary/aromatic N) is 4. The van der Waals surface area contributed by atoms with E-state index in [-0.39, 0.29) is 0 Å². The van der Waals surface area contributed by atoms with E-state index in [0.29, 0.717) is 23.2 Å². The van der Waals surface area contributed by atoms with Crippen molar-refractivity contribution in [1.82, 2.24) is 19.9 Å². The highest BCUT2D eigenvalue weighted by Gasteiger charge is 2.16. The molecule has 0 unspecified atom stereocenters. The fraction of sp³-hybridized carbons (Fsp3) is 0. The van der Waals surface area contributed by atoms with E-state index in [4.69, 9.17) is 19.9 Å². The lowest BCUT2D eigenvalue weighted by Crippen LogP contribution is -2.01. The van der Waals surface area contributed by atoms with Crippen LogP contribution < -0.4 is 0 Å². The van der Waals surface area contributed by atoms with Gasteiger partial charge in [0.05, 0.1) is 5.69 Å². The summed E-state index contributed by atoms with van der Waals surface area (Å²) in [5, 5.41) is 10.2. The molecule has 0 aliphatic rings. The van der Waals surface area contributed by atoms with Crippen molar-refractivity contribution < 1.29 is 0 Å². The lowest BCUT2D eigenvalue weighted by atomic mass is 9.92. The average Bonchev–Trinajstić information content (AvgIpc) is 3.64. The van der Waals surface area contributed by atoms with Gasteiger partial charge in [-0.05, 0) is 79.8 Å². The Hall–Kier alpha value is -7.08. The zero-order chi connectivity index (χ0) is 36.3. The van der Waals surface area contributed by atoms with Gasteiger partial charge in [-0.15, -0.1) is 11.3 Å². The lowest BCUT2D eigenvalue weighted by molar-refractivity contribution is 1.06. The largest absolute Gasteiger partial charge is 0.244 e. The molecule has 0 fully saturated rings. The molecule has 11 aromatic rings. The van der Waals surface area contributed by atoms with E-state index in [9.17, 15) is 0 Å². The van der Waals surface area contributed by atoms with Gasteiger partial charge in [-0.1, -0.05) is 146 Å². The van der Waals surface area contributed by atoms with Crippen molar-refractivity contribution in [3.8, 4) is 56.7 Å². The number of hydrogen-bond acceptors (Lipinski definition) is 5. The van der Waals surface area contributed by atoms with Gasteiger partial charge in [0.1, 0.15) is 5.69 Å². The first-order valence-corrected chi connectivity index (χ1v) is 19.2. The van der Waals surface area contributed by atoms with Crippen molar-refractivity contribution in [3.05, 3.63) is 182 Å². The highest BCUT2D eigenvalue weighted by molar-refractivity contribution is 7.25. The Labute approximate surface area is 321 Å². The number of aromatic nitrogens is 4. The second-order valence-corrected chi connectivity index (χ2v) is 14.9. The van der Waals surface area contributed by atoms with Gasteiger partial charge in [0.25, 0.3) is 0 Å². The Morgan fingerprint density at radius 3 is 1.40 bits per heavy atom. The van der Waals surface area contributed by atoms with Crippen molar-refractivity contribution in [2.24, 2.45) is 0 Å². The number of fused-ring (bicyclic) bond motifs is 9. The molecule has 0 amide bonds. The van der Waals surface area contributed by atoms with Gasteiger partial charge in [-0.2, -0.15) is 0 Å². The van der Waals surface area contributed by atoms with Crippen LogP contribution >= 0.6 is 11.3 Å². The van der Waals surface area contributed by atoms with E-state index in [1.54, 1.807) is 0 Å². The Morgan fingerprint density at radius 2 is 0.745 bits per heavy atom. The molecule has 0 aliphatic carbocycles. The third-order valence-corrected chi connectivity index (χ3v) is 11.7. The summed E-state index contributed by atoms with van der Waals surface area (Å²) in [6.45, 7) is 0. The maximum Gasteiger partial charge on any atom is 0.182 e. The third-order valence-electron chi connectivity index (χ3n) is 10.5. The second kappa shape index (κ2) is 12.8. The molecule has 0 N–H and O–H groups in total. The number of thiophene rings is 1. The van der Waals surface area contributed by atoms with E-state index in [1.165, 1.54) is 63.6 Å². The lowest BCUT2D eigenvalue weighted by Gasteiger charge is -2.12. The maximum absolute atomic E-state index is 5.11. The van der Waals surface area contributed by atoms with Crippen molar-refractivity contribution in [3.63, 3.8) is 0 Å². The number of hydrogen-bond donors (Lipinski definition) is 0. The molecule has 0 saturated heterocycles. The van der Waals surface area contributed by atoms with Gasteiger partial charge >= 0.3 is 0 Å². The molecule has 0 aliphatic heterocycles. The summed E-state index contributed by atoms with van der Waals surface area (Å²) in [5.74, 6) is 1.78. The van der Waals surface area contributed by atoms with Crippen LogP contribution in [0.25, 0.3) is 109 Å². The minimum absolute atomic E-state index is 0.542. The average molecular weight is 719 g/mol. The van der Waals surface area contributed by atoms with Crippen LogP contribution in [0, 0.1) is 0 Å². The van der Waals surface area contributed by atoms with E-state index < -0.39 is 0 Å². The topological polar surface area (TPSA) is 51.6 Å². The Bertz CT molecular complexity index is 3170. The van der Waals surface area contributed by atoms with Gasteiger partial charge in [-0.3, -0.25) is 0 Å². The van der Waals surface area contributed by atoms with Crippen molar-refractivity contribution in [2.45, 2.75) is 0 Å². The highest BCUT2D eigenvalue weighted by atomic mass is 32.1. The van der Waals surface area contributed by atoms with E-state index in [2.05, 4.69) is 109 Å². The van der Waals surface area contributed by atoms with Gasteiger partial charge < -0.3 is 0 Å². The highest BCUT2D eigenvalue weighted by Crippen LogP contribution is 2.41. The molecule has 5 heteroatoms. The summed E-state index contributed by atoms with van der Waals surface area (Å²) in [6.07, 6.45) is 0. The van der Waals surface area contributed by atoms with Gasteiger partial charge in [0.2, 0.25) is 0 Å². The molecule has 11 rings (SSSR count). The van der Waals surface area contributed by atoms with E-state index >= 15 is 0 Å². The zero-order valence-corrected chi connectivity index (χ0v) is 30.3. The second-order valence-electron chi connectivity index (χ2n) is 13.8. The molecule has 0 saturated carbocycles. The minimum Gasteiger partial charge on any atom is -0.244 e. The third kappa shape index (κ3) is 5.44. The van der Waals surface area contributed by atoms with Crippen LogP contribution in [-0.2, 0) is 0 Å². The molecular weight excluding hydrogens is 689 g/mol. The Kier molecular flexibility index (Phi) is 7.32. The normalized spacial score (nSPS) is 11.6. The first-order chi connectivity index (χ1) is 27.2. The van der Waals surface area contributed by atoms with E-state index in [0.717, 1.165) is 22.4 Å². The smallest absolute Gasteiger partial charge is 0.182 e. The molecule has 55 heavy (non-hydrogen) atoms. The summed E-state index contributed by atoms with van der Waals surface area (Å²) >= 11 is 1.82. The van der Waals surface area contributed by atoms with Gasteiger partial charge in [0, 0.05) is 36.9 Å². The van der Waals surface area contributed by atoms with Crippen LogP contribution in [0.5, 0.6) is 0 Å². The minimum atomic E-state index is 0.542. The number of benzene rings is 8. The molecule has 256 valence electrons. The monoisotopic (exact) mass is 718 g/mol. The molecule has 4 nitrogen and oxygen atoms in total. The number of pyridine rings is 1. The van der Waals surface area contributed by atoms with Crippen LogP contribution in [0.2, 0.25) is 0 Å². The van der Waals surface area contributed by atoms with Crippen LogP contribution in [-0.4, -0.2) is 19.9 Å².